The molecule has 28 heavy (non-hydrogen) atoms. The van der Waals surface area contributed by atoms with Gasteiger partial charge in [0.05, 0.1) is 0 Å². The second kappa shape index (κ2) is 9.53. The van der Waals surface area contributed by atoms with Gasteiger partial charge in [-0.05, 0) is 61.2 Å². The van der Waals surface area contributed by atoms with Gasteiger partial charge in [-0.2, -0.15) is 0 Å². The number of halogens is 1. The number of carbonyl (C=O) groups is 1. The summed E-state index contributed by atoms with van der Waals surface area (Å²) >= 11 is 6.27. The fourth-order valence-electron chi connectivity index (χ4n) is 2.63. The molecule has 1 heterocycles. The molecule has 1 unspecified atom stereocenters. The first-order valence-electron chi connectivity index (χ1n) is 8.89. The summed E-state index contributed by atoms with van der Waals surface area (Å²) in [6, 6.07) is 17.5. The molecule has 2 aromatic carbocycles. The molecule has 0 saturated carbocycles. The Balaban J connectivity index is 1.75. The van der Waals surface area contributed by atoms with Crippen LogP contribution in [0.1, 0.15) is 28.4 Å². The van der Waals surface area contributed by atoms with Gasteiger partial charge in [0.15, 0.2) is 0 Å². The van der Waals surface area contributed by atoms with Crippen LogP contribution in [0.5, 0.6) is 0 Å². The van der Waals surface area contributed by atoms with E-state index in [-0.39, 0.29) is 16.6 Å². The Kier molecular flexibility index (Phi) is 6.85. The van der Waals surface area contributed by atoms with Crippen LogP contribution in [0.3, 0.4) is 0 Å². The number of nitrogens with zero attached hydrogens (tertiary/aromatic N) is 1. The van der Waals surface area contributed by atoms with Gasteiger partial charge >= 0.3 is 0 Å². The number of aromatic nitrogens is 1. The summed E-state index contributed by atoms with van der Waals surface area (Å²) in [5.74, 6) is -0.176. The van der Waals surface area contributed by atoms with Crippen molar-refractivity contribution in [1.82, 2.24) is 10.3 Å². The van der Waals surface area contributed by atoms with Gasteiger partial charge in [-0.3, -0.25) is 9.78 Å². The number of amides is 1. The summed E-state index contributed by atoms with van der Waals surface area (Å²) < 4.78 is 3.47. The molecule has 3 rings (SSSR count). The summed E-state index contributed by atoms with van der Waals surface area (Å²) in [6.45, 7) is 4.50. The highest BCUT2D eigenvalue weighted by Crippen LogP contribution is 2.30. The van der Waals surface area contributed by atoms with E-state index in [1.54, 1.807) is 18.5 Å². The SMILES string of the molecule is C/C=S(\Nc1cc(Cl)cc(C(=O)NCc2cccnc2)c1)c1ccc(C)cc1. The molecule has 0 bridgehead atoms. The van der Waals surface area contributed by atoms with Gasteiger partial charge in [0.1, 0.15) is 0 Å². The van der Waals surface area contributed by atoms with Crippen LogP contribution < -0.4 is 10.0 Å². The topological polar surface area (TPSA) is 54.0 Å². The molecule has 1 atom stereocenters. The van der Waals surface area contributed by atoms with Crippen LogP contribution in [0.25, 0.3) is 0 Å². The van der Waals surface area contributed by atoms with Crippen molar-refractivity contribution in [3.8, 4) is 0 Å². The third kappa shape index (κ3) is 5.44. The van der Waals surface area contributed by atoms with Crippen LogP contribution in [0.4, 0.5) is 5.69 Å². The fraction of sp³-hybridized carbons (Fsp3) is 0.136. The van der Waals surface area contributed by atoms with Crippen molar-refractivity contribution >= 4 is 39.2 Å². The maximum Gasteiger partial charge on any atom is 0.251 e. The van der Waals surface area contributed by atoms with Gasteiger partial charge in [-0.25, -0.2) is 0 Å². The molecule has 4 nitrogen and oxygen atoms in total. The Hall–Kier alpha value is -2.63. The molecule has 1 aromatic heterocycles. The van der Waals surface area contributed by atoms with E-state index >= 15 is 0 Å². The lowest BCUT2D eigenvalue weighted by atomic mass is 10.2. The minimum Gasteiger partial charge on any atom is -0.348 e. The van der Waals surface area contributed by atoms with Gasteiger partial charge in [0.2, 0.25) is 0 Å². The van der Waals surface area contributed by atoms with Crippen molar-refractivity contribution in [2.24, 2.45) is 0 Å². The van der Waals surface area contributed by atoms with Crippen molar-refractivity contribution in [2.45, 2.75) is 25.3 Å². The maximum absolute atomic E-state index is 12.6. The first-order chi connectivity index (χ1) is 13.5. The first kappa shape index (κ1) is 20.1. The second-order valence-corrected chi connectivity index (χ2v) is 8.52. The van der Waals surface area contributed by atoms with E-state index in [9.17, 15) is 4.79 Å². The summed E-state index contributed by atoms with van der Waals surface area (Å²) in [7, 11) is -0.291. The van der Waals surface area contributed by atoms with Crippen LogP contribution in [-0.2, 0) is 6.54 Å². The molecular weight excluding hydrogens is 390 g/mol. The lowest BCUT2D eigenvalue weighted by Crippen LogP contribution is -2.22. The number of benzene rings is 2. The lowest BCUT2D eigenvalue weighted by molar-refractivity contribution is 0.0951. The number of aryl methyl sites for hydroxylation is 1. The third-order valence-electron chi connectivity index (χ3n) is 4.07. The maximum atomic E-state index is 12.6. The van der Waals surface area contributed by atoms with Crippen LogP contribution in [0.15, 0.2) is 71.9 Å². The second-order valence-electron chi connectivity index (χ2n) is 6.26. The highest BCUT2D eigenvalue weighted by Gasteiger charge is 2.09. The van der Waals surface area contributed by atoms with Gasteiger partial charge in [-0.15, -0.1) is 0 Å². The Bertz CT molecular complexity index is 988. The number of hydrogen-bond acceptors (Lipinski definition) is 3. The van der Waals surface area contributed by atoms with Crippen molar-refractivity contribution in [3.63, 3.8) is 0 Å². The van der Waals surface area contributed by atoms with E-state index in [0.29, 0.717) is 17.1 Å². The first-order valence-corrected chi connectivity index (χ1v) is 10.6. The number of hydrogen-bond donors (Lipinski definition) is 2. The van der Waals surface area contributed by atoms with Crippen LogP contribution in [0, 0.1) is 6.92 Å². The van der Waals surface area contributed by atoms with Crippen molar-refractivity contribution < 1.29 is 4.79 Å². The number of anilines is 1. The van der Waals surface area contributed by atoms with Crippen LogP contribution >= 0.6 is 22.3 Å². The minimum atomic E-state index is -0.291. The van der Waals surface area contributed by atoms with Crippen molar-refractivity contribution in [2.75, 3.05) is 4.72 Å². The summed E-state index contributed by atoms with van der Waals surface area (Å²) in [6.07, 6.45) is 3.44. The standard InChI is InChI=1S/C22H22ClN3OS/c1-3-28(21-8-6-16(2)7-9-21)26-20-12-18(11-19(23)13-20)22(27)25-15-17-5-4-10-24-14-17/h3-14,26H,15H2,1-2H3,(H,25,27). The number of rotatable bonds is 6. The molecule has 0 aliphatic rings. The smallest absolute Gasteiger partial charge is 0.251 e. The Labute approximate surface area is 173 Å². The Morgan fingerprint density at radius 2 is 1.96 bits per heavy atom. The predicted molar refractivity (Wildman–Crippen MR) is 119 cm³/mol. The third-order valence-corrected chi connectivity index (χ3v) is 6.00. The molecule has 144 valence electrons. The van der Waals surface area contributed by atoms with E-state index in [2.05, 4.69) is 51.6 Å². The largest absolute Gasteiger partial charge is 0.348 e. The number of carbonyl (C=O) groups excluding carboxylic acids is 1. The molecule has 3 aromatic rings. The van der Waals surface area contributed by atoms with Crippen LogP contribution in [-0.4, -0.2) is 16.3 Å². The molecule has 2 N–H and O–H groups in total. The normalized spacial score (nSPS) is 11.8. The molecule has 6 heteroatoms. The van der Waals surface area contributed by atoms with E-state index in [0.717, 1.165) is 11.3 Å². The highest BCUT2D eigenvalue weighted by molar-refractivity contribution is 8.16. The summed E-state index contributed by atoms with van der Waals surface area (Å²) in [4.78, 5) is 17.8. The van der Waals surface area contributed by atoms with Gasteiger partial charge in [0, 0.05) is 40.1 Å². The Morgan fingerprint density at radius 1 is 1.18 bits per heavy atom. The zero-order valence-electron chi connectivity index (χ0n) is 15.8. The zero-order valence-corrected chi connectivity index (χ0v) is 17.3. The minimum absolute atomic E-state index is 0.176. The van der Waals surface area contributed by atoms with Crippen molar-refractivity contribution in [3.05, 3.63) is 88.7 Å². The number of nitrogens with one attached hydrogen (secondary N) is 2. The highest BCUT2D eigenvalue weighted by atomic mass is 35.5. The fourth-order valence-corrected chi connectivity index (χ4v) is 4.18. The van der Waals surface area contributed by atoms with Gasteiger partial charge < -0.3 is 10.0 Å². The van der Waals surface area contributed by atoms with Crippen molar-refractivity contribution in [1.29, 1.82) is 0 Å². The predicted octanol–water partition coefficient (Wildman–Crippen LogP) is 5.45. The average Bonchev–Trinajstić information content (AvgIpc) is 2.71. The average molecular weight is 412 g/mol. The molecule has 1 amide bonds. The molecule has 0 spiro atoms. The zero-order chi connectivity index (χ0) is 19.9. The van der Waals surface area contributed by atoms with E-state index < -0.39 is 0 Å². The summed E-state index contributed by atoms with van der Waals surface area (Å²) in [5, 5.41) is 5.52. The van der Waals surface area contributed by atoms with E-state index in [4.69, 9.17) is 11.6 Å². The molecule has 0 aliphatic heterocycles. The van der Waals surface area contributed by atoms with Gasteiger partial charge in [0.25, 0.3) is 5.91 Å². The summed E-state index contributed by atoms with van der Waals surface area (Å²) in [5.41, 5.74) is 3.49. The molecule has 0 saturated heterocycles. The molecular formula is C22H22ClN3OS. The van der Waals surface area contributed by atoms with E-state index in [1.165, 1.54) is 10.5 Å². The monoisotopic (exact) mass is 411 g/mol. The van der Waals surface area contributed by atoms with Gasteiger partial charge in [-0.1, -0.05) is 46.0 Å². The lowest BCUT2D eigenvalue weighted by Gasteiger charge is -2.14. The molecule has 0 fully saturated rings. The Morgan fingerprint density at radius 3 is 2.64 bits per heavy atom. The van der Waals surface area contributed by atoms with Crippen LogP contribution in [0.2, 0.25) is 5.02 Å². The molecule has 0 aliphatic carbocycles. The number of pyridine rings is 1. The quantitative estimate of drug-likeness (QED) is 0.530. The molecule has 0 radical (unpaired) electrons. The van der Waals surface area contributed by atoms with E-state index in [1.807, 2.05) is 31.2 Å².